The van der Waals surface area contributed by atoms with Gasteiger partial charge in [-0.3, -0.25) is 9.59 Å². The van der Waals surface area contributed by atoms with E-state index in [0.717, 1.165) is 27.9 Å². The van der Waals surface area contributed by atoms with Crippen LogP contribution in [0.1, 0.15) is 49.9 Å². The Labute approximate surface area is 198 Å². The van der Waals surface area contributed by atoms with Gasteiger partial charge in [0, 0.05) is 24.7 Å². The highest BCUT2D eigenvalue weighted by atomic mass is 32.2. The summed E-state index contributed by atoms with van der Waals surface area (Å²) in [7, 11) is 0. The quantitative estimate of drug-likeness (QED) is 0.475. The average molecular weight is 467 g/mol. The molecule has 0 aliphatic carbocycles. The number of aromatic nitrogens is 2. The van der Waals surface area contributed by atoms with E-state index in [-0.39, 0.29) is 23.0 Å². The molecule has 2 amide bonds. The van der Waals surface area contributed by atoms with E-state index in [1.807, 2.05) is 38.1 Å². The normalized spacial score (nSPS) is 11.3. The number of aryl methyl sites for hydroxylation is 1. The lowest BCUT2D eigenvalue weighted by atomic mass is 9.87. The highest BCUT2D eigenvalue weighted by Crippen LogP contribution is 2.27. The van der Waals surface area contributed by atoms with Crippen LogP contribution in [0.15, 0.2) is 46.0 Å². The molecule has 2 N–H and O–H groups in total. The number of thioether (sulfide) groups is 1. The van der Waals surface area contributed by atoms with E-state index >= 15 is 0 Å². The van der Waals surface area contributed by atoms with Crippen LogP contribution in [0.2, 0.25) is 0 Å². The summed E-state index contributed by atoms with van der Waals surface area (Å²) in [5.41, 5.74) is 5.80. The molecular formula is C25H30N4O3S. The average Bonchev–Trinajstić information content (AvgIpc) is 3.23. The number of carbonyl (C=O) groups is 2. The van der Waals surface area contributed by atoms with E-state index in [2.05, 4.69) is 53.7 Å². The van der Waals surface area contributed by atoms with Crippen LogP contribution in [-0.4, -0.2) is 27.8 Å². The predicted molar refractivity (Wildman–Crippen MR) is 131 cm³/mol. The molecule has 0 saturated heterocycles. The van der Waals surface area contributed by atoms with E-state index in [9.17, 15) is 9.59 Å². The Bertz CT molecular complexity index is 1150. The van der Waals surface area contributed by atoms with Crippen LogP contribution in [0.5, 0.6) is 0 Å². The Morgan fingerprint density at radius 1 is 1.03 bits per heavy atom. The van der Waals surface area contributed by atoms with E-state index in [4.69, 9.17) is 4.42 Å². The summed E-state index contributed by atoms with van der Waals surface area (Å²) in [6, 6.07) is 11.9. The van der Waals surface area contributed by atoms with Gasteiger partial charge in [0.15, 0.2) is 0 Å². The fourth-order valence-electron chi connectivity index (χ4n) is 3.32. The van der Waals surface area contributed by atoms with Gasteiger partial charge >= 0.3 is 0 Å². The van der Waals surface area contributed by atoms with Crippen molar-refractivity contribution in [3.63, 3.8) is 0 Å². The lowest BCUT2D eigenvalue weighted by Crippen LogP contribution is -2.25. The van der Waals surface area contributed by atoms with Gasteiger partial charge in [-0.25, -0.2) is 0 Å². The van der Waals surface area contributed by atoms with Crippen LogP contribution in [0, 0.1) is 13.8 Å². The lowest BCUT2D eigenvalue weighted by molar-refractivity contribution is -0.118. The third-order valence-corrected chi connectivity index (χ3v) is 6.11. The maximum atomic E-state index is 12.3. The maximum absolute atomic E-state index is 12.3. The van der Waals surface area contributed by atoms with Crippen LogP contribution < -0.4 is 10.6 Å². The fraction of sp³-hybridized carbons (Fsp3) is 0.360. The zero-order chi connectivity index (χ0) is 24.2. The second-order valence-corrected chi connectivity index (χ2v) is 9.92. The van der Waals surface area contributed by atoms with Crippen molar-refractivity contribution in [2.45, 2.75) is 58.7 Å². The summed E-state index contributed by atoms with van der Waals surface area (Å²) in [5.74, 6) is 0.325. The van der Waals surface area contributed by atoms with Crippen molar-refractivity contribution < 1.29 is 14.0 Å². The highest BCUT2D eigenvalue weighted by Gasteiger charge is 2.16. The number of carbonyl (C=O) groups excluding carboxylic acids is 2. The minimum Gasteiger partial charge on any atom is -0.411 e. The smallest absolute Gasteiger partial charge is 0.277 e. The third-order valence-electron chi connectivity index (χ3n) is 5.29. The molecule has 3 rings (SSSR count). The second-order valence-electron chi connectivity index (χ2n) is 8.99. The largest absolute Gasteiger partial charge is 0.411 e. The van der Waals surface area contributed by atoms with Crippen LogP contribution in [-0.2, 0) is 21.5 Å². The highest BCUT2D eigenvalue weighted by molar-refractivity contribution is 7.99. The molecule has 0 unspecified atom stereocenters. The topological polar surface area (TPSA) is 97.1 Å². The molecule has 0 atom stereocenters. The zero-order valence-electron chi connectivity index (χ0n) is 19.9. The first kappa shape index (κ1) is 24.5. The number of hydrogen-bond acceptors (Lipinski definition) is 6. The lowest BCUT2D eigenvalue weighted by Gasteiger charge is -2.18. The summed E-state index contributed by atoms with van der Waals surface area (Å²) >= 11 is 1.20. The van der Waals surface area contributed by atoms with E-state index < -0.39 is 0 Å². The van der Waals surface area contributed by atoms with E-state index in [1.54, 1.807) is 0 Å². The van der Waals surface area contributed by atoms with Gasteiger partial charge in [-0.05, 0) is 53.6 Å². The van der Waals surface area contributed by atoms with Gasteiger partial charge in [0.25, 0.3) is 5.22 Å². The molecule has 1 aromatic heterocycles. The first-order valence-electron chi connectivity index (χ1n) is 10.7. The van der Waals surface area contributed by atoms with Crippen LogP contribution in [0.4, 0.5) is 5.69 Å². The molecule has 0 bridgehead atoms. The summed E-state index contributed by atoms with van der Waals surface area (Å²) in [6.07, 6.45) is 0. The van der Waals surface area contributed by atoms with Gasteiger partial charge in [0.05, 0.1) is 5.75 Å². The molecule has 0 radical (unpaired) electrons. The number of benzene rings is 2. The monoisotopic (exact) mass is 466 g/mol. The maximum Gasteiger partial charge on any atom is 0.277 e. The molecule has 0 spiro atoms. The van der Waals surface area contributed by atoms with Crippen molar-refractivity contribution in [2.24, 2.45) is 0 Å². The molecule has 33 heavy (non-hydrogen) atoms. The number of hydrogen-bond donors (Lipinski definition) is 2. The number of amides is 2. The van der Waals surface area contributed by atoms with E-state index in [1.165, 1.54) is 24.2 Å². The second kappa shape index (κ2) is 10.2. The van der Waals surface area contributed by atoms with Gasteiger partial charge in [0.2, 0.25) is 17.7 Å². The number of anilines is 1. The summed E-state index contributed by atoms with van der Waals surface area (Å²) < 4.78 is 5.71. The van der Waals surface area contributed by atoms with Crippen molar-refractivity contribution >= 4 is 29.3 Å². The van der Waals surface area contributed by atoms with Crippen molar-refractivity contribution in [3.8, 4) is 11.5 Å². The van der Waals surface area contributed by atoms with Crippen LogP contribution in [0.25, 0.3) is 11.5 Å². The van der Waals surface area contributed by atoms with Gasteiger partial charge in [-0.2, -0.15) is 0 Å². The minimum absolute atomic E-state index is 0.0738. The molecule has 7 nitrogen and oxygen atoms in total. The third kappa shape index (κ3) is 6.44. The molecule has 0 aliphatic rings. The van der Waals surface area contributed by atoms with Gasteiger partial charge in [-0.1, -0.05) is 56.8 Å². The van der Waals surface area contributed by atoms with Crippen LogP contribution >= 0.6 is 11.8 Å². The summed E-state index contributed by atoms with van der Waals surface area (Å²) in [6.45, 7) is 12.2. The van der Waals surface area contributed by atoms with E-state index in [0.29, 0.717) is 17.7 Å². The van der Waals surface area contributed by atoms with Crippen molar-refractivity contribution in [2.75, 3.05) is 11.1 Å². The summed E-state index contributed by atoms with van der Waals surface area (Å²) in [5, 5.41) is 14.3. The van der Waals surface area contributed by atoms with Crippen molar-refractivity contribution in [1.82, 2.24) is 15.5 Å². The molecule has 0 saturated carbocycles. The van der Waals surface area contributed by atoms with Gasteiger partial charge in [0.1, 0.15) is 0 Å². The Kier molecular flexibility index (Phi) is 7.58. The Morgan fingerprint density at radius 2 is 1.73 bits per heavy atom. The van der Waals surface area contributed by atoms with Gasteiger partial charge < -0.3 is 15.1 Å². The standard InChI is InChI=1S/C25H30N4O3S/c1-15-7-8-19(16(2)22(15)27-17(3)30)13-26-21(31)14-33-24-29-28-23(32-24)18-9-11-20(12-10-18)25(4,5)6/h7-12H,13-14H2,1-6H3,(H,26,31)(H,27,30). The molecular weight excluding hydrogens is 436 g/mol. The zero-order valence-corrected chi connectivity index (χ0v) is 20.7. The first-order chi connectivity index (χ1) is 15.5. The molecule has 0 fully saturated rings. The Morgan fingerprint density at radius 3 is 2.36 bits per heavy atom. The Hall–Kier alpha value is -3.13. The molecule has 0 aliphatic heterocycles. The predicted octanol–water partition coefficient (Wildman–Crippen LogP) is 5.02. The molecule has 1 heterocycles. The minimum atomic E-state index is -0.143. The fourth-order valence-corrected chi connectivity index (χ4v) is 3.91. The van der Waals surface area contributed by atoms with Crippen LogP contribution in [0.3, 0.4) is 0 Å². The number of nitrogens with one attached hydrogen (secondary N) is 2. The Balaban J connectivity index is 1.55. The van der Waals surface area contributed by atoms with Crippen molar-refractivity contribution in [1.29, 1.82) is 0 Å². The molecule has 8 heteroatoms. The number of nitrogens with zero attached hydrogens (tertiary/aromatic N) is 2. The first-order valence-corrected chi connectivity index (χ1v) is 11.7. The molecule has 3 aromatic rings. The molecule has 2 aromatic carbocycles. The molecule has 174 valence electrons. The number of rotatable bonds is 7. The van der Waals surface area contributed by atoms with Crippen molar-refractivity contribution in [3.05, 3.63) is 58.7 Å². The SMILES string of the molecule is CC(=O)Nc1c(C)ccc(CNC(=O)CSc2nnc(-c3ccc(C(C)(C)C)cc3)o2)c1C. The summed E-state index contributed by atoms with van der Waals surface area (Å²) in [4.78, 5) is 23.8. The van der Waals surface area contributed by atoms with Gasteiger partial charge in [-0.15, -0.1) is 10.2 Å².